The lowest BCUT2D eigenvalue weighted by atomic mass is 10.1. The molecule has 0 atom stereocenters. The molecule has 0 aliphatic rings. The number of hydrogen-bond acceptors (Lipinski definition) is 3. The van der Waals surface area contributed by atoms with Crippen LogP contribution in [-0.4, -0.2) is 13.1 Å². The lowest BCUT2D eigenvalue weighted by Gasteiger charge is -2.12. The topological polar surface area (TPSA) is 35.5 Å². The van der Waals surface area contributed by atoms with Crippen molar-refractivity contribution in [2.45, 2.75) is 26.4 Å². The van der Waals surface area contributed by atoms with Gasteiger partial charge in [-0.1, -0.05) is 49.7 Å². The lowest BCUT2D eigenvalue weighted by molar-refractivity contribution is 0.0600. The zero-order valence-corrected chi connectivity index (χ0v) is 12.5. The van der Waals surface area contributed by atoms with E-state index in [9.17, 15) is 4.79 Å². The largest absolute Gasteiger partial charge is 0.489 e. The summed E-state index contributed by atoms with van der Waals surface area (Å²) in [6.07, 6.45) is 1.95. The van der Waals surface area contributed by atoms with E-state index in [1.54, 1.807) is 12.1 Å². The molecule has 0 saturated carbocycles. The van der Waals surface area contributed by atoms with Crippen molar-refractivity contribution in [1.82, 2.24) is 0 Å². The zero-order valence-electron chi connectivity index (χ0n) is 12.5. The molecule has 2 rings (SSSR count). The van der Waals surface area contributed by atoms with Gasteiger partial charge in [-0.15, -0.1) is 0 Å². The van der Waals surface area contributed by atoms with Crippen LogP contribution in [0.3, 0.4) is 0 Å². The van der Waals surface area contributed by atoms with Crippen molar-refractivity contribution in [3.8, 4) is 5.75 Å². The summed E-state index contributed by atoms with van der Waals surface area (Å²) in [5.41, 5.74) is 2.73. The molecule has 0 saturated heterocycles. The van der Waals surface area contributed by atoms with Crippen LogP contribution in [0.25, 0.3) is 0 Å². The fraction of sp³-hybridized carbons (Fsp3) is 0.278. The summed E-state index contributed by atoms with van der Waals surface area (Å²) in [4.78, 5) is 11.6. The van der Waals surface area contributed by atoms with Gasteiger partial charge in [0.25, 0.3) is 0 Å². The Kier molecular flexibility index (Phi) is 5.38. The van der Waals surface area contributed by atoms with Crippen LogP contribution in [0.2, 0.25) is 0 Å². The quantitative estimate of drug-likeness (QED) is 0.752. The number of aryl methyl sites for hydroxylation is 1. The molecule has 0 bridgehead atoms. The highest BCUT2D eigenvalue weighted by atomic mass is 16.5. The average molecular weight is 284 g/mol. The van der Waals surface area contributed by atoms with Crippen molar-refractivity contribution < 1.29 is 14.3 Å². The third-order valence-electron chi connectivity index (χ3n) is 3.24. The molecule has 3 nitrogen and oxygen atoms in total. The van der Waals surface area contributed by atoms with Gasteiger partial charge in [0.15, 0.2) is 0 Å². The Balaban J connectivity index is 2.19. The van der Waals surface area contributed by atoms with E-state index in [0.717, 1.165) is 29.7 Å². The normalized spacial score (nSPS) is 10.2. The Bertz CT molecular complexity index is 591. The summed E-state index contributed by atoms with van der Waals surface area (Å²) < 4.78 is 10.7. The molecule has 2 aromatic carbocycles. The molecule has 0 heterocycles. The second kappa shape index (κ2) is 7.48. The highest BCUT2D eigenvalue weighted by Gasteiger charge is 2.10. The first-order valence-electron chi connectivity index (χ1n) is 7.12. The maximum absolute atomic E-state index is 11.6. The molecule has 0 spiro atoms. The third-order valence-corrected chi connectivity index (χ3v) is 3.24. The summed E-state index contributed by atoms with van der Waals surface area (Å²) in [6, 6.07) is 15.5. The van der Waals surface area contributed by atoms with Crippen molar-refractivity contribution in [3.05, 3.63) is 65.2 Å². The minimum absolute atomic E-state index is 0.345. The number of methoxy groups -OCH3 is 1. The molecule has 21 heavy (non-hydrogen) atoms. The standard InChI is InChI=1S/C18H20O3/c1-3-7-15-10-11-16(18(19)20-2)12-17(15)21-13-14-8-5-4-6-9-14/h4-6,8-12H,3,7,13H2,1-2H3. The van der Waals surface area contributed by atoms with E-state index < -0.39 is 0 Å². The van der Waals surface area contributed by atoms with E-state index in [2.05, 4.69) is 6.92 Å². The van der Waals surface area contributed by atoms with Gasteiger partial charge in [-0.3, -0.25) is 0 Å². The van der Waals surface area contributed by atoms with Gasteiger partial charge in [0.2, 0.25) is 0 Å². The van der Waals surface area contributed by atoms with E-state index in [4.69, 9.17) is 9.47 Å². The highest BCUT2D eigenvalue weighted by Crippen LogP contribution is 2.23. The predicted molar refractivity (Wildman–Crippen MR) is 82.6 cm³/mol. The summed E-state index contributed by atoms with van der Waals surface area (Å²) in [5.74, 6) is 0.409. The van der Waals surface area contributed by atoms with Crippen LogP contribution in [0.15, 0.2) is 48.5 Å². The van der Waals surface area contributed by atoms with E-state index in [-0.39, 0.29) is 5.97 Å². The zero-order chi connectivity index (χ0) is 15.1. The average Bonchev–Trinajstić information content (AvgIpc) is 2.54. The van der Waals surface area contributed by atoms with Gasteiger partial charge in [0.1, 0.15) is 12.4 Å². The van der Waals surface area contributed by atoms with Gasteiger partial charge in [-0.2, -0.15) is 0 Å². The first-order chi connectivity index (χ1) is 10.2. The number of carbonyl (C=O) groups excluding carboxylic acids is 1. The van der Waals surface area contributed by atoms with Crippen molar-refractivity contribution in [2.75, 3.05) is 7.11 Å². The Morgan fingerprint density at radius 1 is 1.10 bits per heavy atom. The summed E-state index contributed by atoms with van der Waals surface area (Å²) in [6.45, 7) is 2.61. The second-order valence-electron chi connectivity index (χ2n) is 4.84. The number of esters is 1. The van der Waals surface area contributed by atoms with Crippen LogP contribution in [-0.2, 0) is 17.8 Å². The Hall–Kier alpha value is -2.29. The van der Waals surface area contributed by atoms with Crippen LogP contribution < -0.4 is 4.74 Å². The molecule has 0 aromatic heterocycles. The first kappa shape index (κ1) is 15.1. The molecule has 110 valence electrons. The molecule has 0 amide bonds. The Morgan fingerprint density at radius 3 is 2.52 bits per heavy atom. The van der Waals surface area contributed by atoms with Crippen molar-refractivity contribution >= 4 is 5.97 Å². The molecule has 0 aliphatic carbocycles. The highest BCUT2D eigenvalue weighted by molar-refractivity contribution is 5.89. The number of rotatable bonds is 6. The maximum Gasteiger partial charge on any atom is 0.337 e. The Labute approximate surface area is 125 Å². The second-order valence-corrected chi connectivity index (χ2v) is 4.84. The fourth-order valence-corrected chi connectivity index (χ4v) is 2.14. The predicted octanol–water partition coefficient (Wildman–Crippen LogP) is 4.00. The molecule has 0 radical (unpaired) electrons. The molecule has 0 aliphatic heterocycles. The monoisotopic (exact) mass is 284 g/mol. The minimum atomic E-state index is -0.345. The molecule has 2 aromatic rings. The molecule has 0 N–H and O–H groups in total. The maximum atomic E-state index is 11.6. The molecular weight excluding hydrogens is 264 g/mol. The number of benzene rings is 2. The third kappa shape index (κ3) is 4.09. The van der Waals surface area contributed by atoms with Crippen molar-refractivity contribution in [3.63, 3.8) is 0 Å². The van der Waals surface area contributed by atoms with Gasteiger partial charge in [0, 0.05) is 0 Å². The van der Waals surface area contributed by atoms with E-state index in [0.29, 0.717) is 12.2 Å². The summed E-state index contributed by atoms with van der Waals surface area (Å²) in [7, 11) is 1.38. The van der Waals surface area contributed by atoms with E-state index >= 15 is 0 Å². The van der Waals surface area contributed by atoms with Crippen LogP contribution in [0, 0.1) is 0 Å². The number of ether oxygens (including phenoxy) is 2. The lowest BCUT2D eigenvalue weighted by Crippen LogP contribution is -2.04. The van der Waals surface area contributed by atoms with Crippen molar-refractivity contribution in [1.29, 1.82) is 0 Å². The van der Waals surface area contributed by atoms with Gasteiger partial charge in [0.05, 0.1) is 12.7 Å². The minimum Gasteiger partial charge on any atom is -0.489 e. The first-order valence-corrected chi connectivity index (χ1v) is 7.12. The van der Waals surface area contributed by atoms with Gasteiger partial charge in [-0.25, -0.2) is 4.79 Å². The number of hydrogen-bond donors (Lipinski definition) is 0. The van der Waals surface area contributed by atoms with Gasteiger partial charge in [-0.05, 0) is 29.7 Å². The smallest absolute Gasteiger partial charge is 0.337 e. The molecular formula is C18H20O3. The van der Waals surface area contributed by atoms with Crippen LogP contribution in [0.4, 0.5) is 0 Å². The SMILES string of the molecule is CCCc1ccc(C(=O)OC)cc1OCc1ccccc1. The number of carbonyl (C=O) groups is 1. The summed E-state index contributed by atoms with van der Waals surface area (Å²) >= 11 is 0. The van der Waals surface area contributed by atoms with Crippen LogP contribution >= 0.6 is 0 Å². The summed E-state index contributed by atoms with van der Waals surface area (Å²) in [5, 5.41) is 0. The van der Waals surface area contributed by atoms with Gasteiger partial charge < -0.3 is 9.47 Å². The van der Waals surface area contributed by atoms with E-state index in [1.165, 1.54) is 7.11 Å². The van der Waals surface area contributed by atoms with E-state index in [1.807, 2.05) is 36.4 Å². The molecule has 0 unspecified atom stereocenters. The van der Waals surface area contributed by atoms with Crippen LogP contribution in [0.1, 0.15) is 34.8 Å². The molecule has 0 fully saturated rings. The molecule has 3 heteroatoms. The van der Waals surface area contributed by atoms with Crippen molar-refractivity contribution in [2.24, 2.45) is 0 Å². The Morgan fingerprint density at radius 2 is 1.86 bits per heavy atom. The van der Waals surface area contributed by atoms with Gasteiger partial charge >= 0.3 is 5.97 Å². The van der Waals surface area contributed by atoms with Crippen LogP contribution in [0.5, 0.6) is 5.75 Å². The fourth-order valence-electron chi connectivity index (χ4n) is 2.14.